The van der Waals surface area contributed by atoms with Gasteiger partial charge in [0.1, 0.15) is 0 Å². The maximum Gasteiger partial charge on any atom is 0.418 e. The highest BCUT2D eigenvalue weighted by molar-refractivity contribution is 6.30. The number of nitrogens with one attached hydrogen (secondary N) is 2. The quantitative estimate of drug-likeness (QED) is 0.829. The van der Waals surface area contributed by atoms with E-state index in [0.29, 0.717) is 13.0 Å². The number of halogens is 4. The van der Waals surface area contributed by atoms with E-state index >= 15 is 0 Å². The molecule has 0 spiro atoms. The topological polar surface area (TPSA) is 41.1 Å². The number of hydrogen-bond acceptors (Lipinski definition) is 1. The summed E-state index contributed by atoms with van der Waals surface area (Å²) >= 11 is 5.58. The SMILES string of the molecule is O=C(NCCc1ccccc1)Nc1ccc(Cl)cc1C(F)(F)F. The first kappa shape index (κ1) is 17.1. The van der Waals surface area contributed by atoms with Gasteiger partial charge in [0.05, 0.1) is 11.3 Å². The molecule has 7 heteroatoms. The van der Waals surface area contributed by atoms with Gasteiger partial charge in [0, 0.05) is 11.6 Å². The van der Waals surface area contributed by atoms with Gasteiger partial charge in [-0.05, 0) is 30.2 Å². The summed E-state index contributed by atoms with van der Waals surface area (Å²) in [6.07, 6.45) is -4.02. The number of amides is 2. The van der Waals surface area contributed by atoms with Crippen molar-refractivity contribution in [2.24, 2.45) is 0 Å². The molecule has 0 fully saturated rings. The molecule has 0 bridgehead atoms. The standard InChI is InChI=1S/C16H14ClF3N2O/c17-12-6-7-14(13(10-12)16(18,19)20)22-15(23)21-9-8-11-4-2-1-3-5-11/h1-7,10H,8-9H2,(H2,21,22,23). The smallest absolute Gasteiger partial charge is 0.338 e. The van der Waals surface area contributed by atoms with E-state index in [4.69, 9.17) is 11.6 Å². The Morgan fingerprint density at radius 2 is 1.78 bits per heavy atom. The van der Waals surface area contributed by atoms with Crippen molar-refractivity contribution in [2.45, 2.75) is 12.6 Å². The van der Waals surface area contributed by atoms with Gasteiger partial charge in [0.2, 0.25) is 0 Å². The second-order valence-corrected chi connectivity index (χ2v) is 5.24. The van der Waals surface area contributed by atoms with Crippen molar-refractivity contribution in [1.29, 1.82) is 0 Å². The minimum absolute atomic E-state index is 0.0487. The van der Waals surface area contributed by atoms with Gasteiger partial charge < -0.3 is 10.6 Å². The van der Waals surface area contributed by atoms with Crippen molar-refractivity contribution in [3.63, 3.8) is 0 Å². The number of carbonyl (C=O) groups is 1. The van der Waals surface area contributed by atoms with Crippen LogP contribution in [0.3, 0.4) is 0 Å². The second kappa shape index (κ2) is 7.37. The van der Waals surface area contributed by atoms with Gasteiger partial charge in [-0.1, -0.05) is 41.9 Å². The Labute approximate surface area is 136 Å². The lowest BCUT2D eigenvalue weighted by Crippen LogP contribution is -2.31. The fraction of sp³-hybridized carbons (Fsp3) is 0.188. The van der Waals surface area contributed by atoms with E-state index in [9.17, 15) is 18.0 Å². The molecule has 3 nitrogen and oxygen atoms in total. The van der Waals surface area contributed by atoms with Crippen molar-refractivity contribution in [3.05, 3.63) is 64.7 Å². The number of benzene rings is 2. The molecular formula is C16H14ClF3N2O. The number of carbonyl (C=O) groups excluding carboxylic acids is 1. The molecular weight excluding hydrogens is 329 g/mol. The Morgan fingerprint density at radius 1 is 1.09 bits per heavy atom. The first-order chi connectivity index (χ1) is 10.9. The van der Waals surface area contributed by atoms with Gasteiger partial charge in [-0.3, -0.25) is 0 Å². The largest absolute Gasteiger partial charge is 0.418 e. The van der Waals surface area contributed by atoms with Crippen molar-refractivity contribution in [2.75, 3.05) is 11.9 Å². The molecule has 0 aliphatic rings. The summed E-state index contributed by atoms with van der Waals surface area (Å²) in [7, 11) is 0. The molecule has 0 aliphatic heterocycles. The lowest BCUT2D eigenvalue weighted by atomic mass is 10.1. The molecule has 2 amide bonds. The van der Waals surface area contributed by atoms with Crippen LogP contribution in [0.2, 0.25) is 5.02 Å². The van der Waals surface area contributed by atoms with Crippen LogP contribution >= 0.6 is 11.6 Å². The van der Waals surface area contributed by atoms with Crippen LogP contribution in [0.25, 0.3) is 0 Å². The van der Waals surface area contributed by atoms with Crippen LogP contribution in [-0.4, -0.2) is 12.6 Å². The number of hydrogen-bond donors (Lipinski definition) is 2. The molecule has 2 N–H and O–H groups in total. The third kappa shape index (κ3) is 5.17. The molecule has 122 valence electrons. The first-order valence-electron chi connectivity index (χ1n) is 6.82. The van der Waals surface area contributed by atoms with Gasteiger partial charge in [0.15, 0.2) is 0 Å². The summed E-state index contributed by atoms with van der Waals surface area (Å²) in [5.41, 5.74) is -0.294. The minimum Gasteiger partial charge on any atom is -0.338 e. The van der Waals surface area contributed by atoms with Gasteiger partial charge >= 0.3 is 12.2 Å². The van der Waals surface area contributed by atoms with Gasteiger partial charge in [-0.25, -0.2) is 4.79 Å². The lowest BCUT2D eigenvalue weighted by molar-refractivity contribution is -0.136. The molecule has 2 aromatic carbocycles. The van der Waals surface area contributed by atoms with Gasteiger partial charge in [0.25, 0.3) is 0 Å². The normalized spacial score (nSPS) is 11.1. The molecule has 2 aromatic rings. The average Bonchev–Trinajstić information content (AvgIpc) is 2.49. The zero-order valence-electron chi connectivity index (χ0n) is 12.0. The predicted octanol–water partition coefficient (Wildman–Crippen LogP) is 4.72. The molecule has 0 saturated heterocycles. The van der Waals surface area contributed by atoms with E-state index in [1.807, 2.05) is 30.3 Å². The van der Waals surface area contributed by atoms with Crippen LogP contribution in [0, 0.1) is 0 Å². The van der Waals surface area contributed by atoms with E-state index in [1.54, 1.807) is 0 Å². The van der Waals surface area contributed by atoms with Crippen molar-refractivity contribution in [3.8, 4) is 0 Å². The predicted molar refractivity (Wildman–Crippen MR) is 83.6 cm³/mol. The van der Waals surface area contributed by atoms with Crippen molar-refractivity contribution < 1.29 is 18.0 Å². The van der Waals surface area contributed by atoms with E-state index in [1.165, 1.54) is 6.07 Å². The zero-order valence-corrected chi connectivity index (χ0v) is 12.7. The third-order valence-electron chi connectivity index (χ3n) is 3.08. The maximum atomic E-state index is 12.9. The molecule has 0 atom stereocenters. The number of urea groups is 1. The lowest BCUT2D eigenvalue weighted by Gasteiger charge is -2.14. The van der Waals surface area contributed by atoms with Crippen LogP contribution in [0.5, 0.6) is 0 Å². The molecule has 0 aliphatic carbocycles. The Balaban J connectivity index is 1.95. The summed E-state index contributed by atoms with van der Waals surface area (Å²) in [4.78, 5) is 11.7. The summed E-state index contributed by atoms with van der Waals surface area (Å²) in [6, 6.07) is 11.9. The Kier molecular flexibility index (Phi) is 5.50. The Hall–Kier alpha value is -2.21. The summed E-state index contributed by atoms with van der Waals surface area (Å²) < 4.78 is 38.8. The Bertz CT molecular complexity index is 675. The Morgan fingerprint density at radius 3 is 2.43 bits per heavy atom. The monoisotopic (exact) mass is 342 g/mol. The third-order valence-corrected chi connectivity index (χ3v) is 3.31. The van der Waals surface area contributed by atoms with Crippen LogP contribution in [0.4, 0.5) is 23.7 Å². The average molecular weight is 343 g/mol. The van der Waals surface area contributed by atoms with Crippen LogP contribution < -0.4 is 10.6 Å². The van der Waals surface area contributed by atoms with Gasteiger partial charge in [-0.15, -0.1) is 0 Å². The summed E-state index contributed by atoms with van der Waals surface area (Å²) in [5.74, 6) is 0. The highest BCUT2D eigenvalue weighted by Crippen LogP contribution is 2.36. The highest BCUT2D eigenvalue weighted by atomic mass is 35.5. The van der Waals surface area contributed by atoms with Crippen molar-refractivity contribution in [1.82, 2.24) is 5.32 Å². The zero-order chi connectivity index (χ0) is 16.9. The number of alkyl halides is 3. The summed E-state index contributed by atoms with van der Waals surface area (Å²) in [6.45, 7) is 0.310. The molecule has 0 saturated carbocycles. The first-order valence-corrected chi connectivity index (χ1v) is 7.19. The fourth-order valence-electron chi connectivity index (χ4n) is 1.99. The van der Waals surface area contributed by atoms with E-state index in [-0.39, 0.29) is 10.7 Å². The summed E-state index contributed by atoms with van der Waals surface area (Å²) in [5, 5.41) is 4.68. The van der Waals surface area contributed by atoms with E-state index in [0.717, 1.165) is 17.7 Å². The van der Waals surface area contributed by atoms with Crippen LogP contribution in [-0.2, 0) is 12.6 Å². The molecule has 0 aromatic heterocycles. The van der Waals surface area contributed by atoms with Crippen molar-refractivity contribution >= 4 is 23.3 Å². The molecule has 0 heterocycles. The van der Waals surface area contributed by atoms with Crippen LogP contribution in [0.1, 0.15) is 11.1 Å². The minimum atomic E-state index is -4.60. The number of rotatable bonds is 4. The number of anilines is 1. The molecule has 23 heavy (non-hydrogen) atoms. The fourth-order valence-corrected chi connectivity index (χ4v) is 2.16. The molecule has 0 radical (unpaired) electrons. The van der Waals surface area contributed by atoms with Crippen LogP contribution in [0.15, 0.2) is 48.5 Å². The van der Waals surface area contributed by atoms with E-state index < -0.39 is 17.8 Å². The second-order valence-electron chi connectivity index (χ2n) is 4.80. The highest BCUT2D eigenvalue weighted by Gasteiger charge is 2.34. The maximum absolute atomic E-state index is 12.9. The molecule has 2 rings (SSSR count). The van der Waals surface area contributed by atoms with E-state index in [2.05, 4.69) is 10.6 Å². The van der Waals surface area contributed by atoms with Gasteiger partial charge in [-0.2, -0.15) is 13.2 Å². The molecule has 0 unspecified atom stereocenters.